The van der Waals surface area contributed by atoms with Gasteiger partial charge < -0.3 is 10.6 Å². The summed E-state index contributed by atoms with van der Waals surface area (Å²) in [5.74, 6) is -1.58. The Morgan fingerprint density at radius 3 is 2.19 bits per heavy atom. The molecule has 1 aromatic rings. The maximum absolute atomic E-state index is 13.4. The Bertz CT molecular complexity index is 496. The molecule has 0 aliphatic carbocycles. The molecule has 0 saturated carbocycles. The SMILES string of the molecule is CC(NC1CC(C)(C)NC(C)(C)C1)c1ccc(F)c(F)c1. The smallest absolute Gasteiger partial charge is 0.159 e. The van der Waals surface area contributed by atoms with Gasteiger partial charge in [0.1, 0.15) is 0 Å². The molecule has 1 aliphatic heterocycles. The van der Waals surface area contributed by atoms with Crippen LogP contribution in [0.5, 0.6) is 0 Å². The van der Waals surface area contributed by atoms with E-state index in [1.54, 1.807) is 6.07 Å². The molecule has 1 aliphatic rings. The van der Waals surface area contributed by atoms with Gasteiger partial charge in [-0.25, -0.2) is 8.78 Å². The predicted molar refractivity (Wildman–Crippen MR) is 82.2 cm³/mol. The van der Waals surface area contributed by atoms with Crippen LogP contribution in [0.25, 0.3) is 0 Å². The van der Waals surface area contributed by atoms with Crippen LogP contribution < -0.4 is 10.6 Å². The van der Waals surface area contributed by atoms with Crippen molar-refractivity contribution in [3.63, 3.8) is 0 Å². The average molecular weight is 296 g/mol. The summed E-state index contributed by atoms with van der Waals surface area (Å²) in [5.41, 5.74) is 0.906. The van der Waals surface area contributed by atoms with Crippen molar-refractivity contribution in [3.05, 3.63) is 35.4 Å². The molecule has 1 fully saturated rings. The molecule has 1 saturated heterocycles. The fourth-order valence-electron chi connectivity index (χ4n) is 3.67. The number of nitrogens with one attached hydrogen (secondary N) is 2. The van der Waals surface area contributed by atoms with Gasteiger partial charge in [-0.3, -0.25) is 0 Å². The van der Waals surface area contributed by atoms with E-state index in [-0.39, 0.29) is 17.1 Å². The second-order valence-corrected chi connectivity index (χ2v) is 7.56. The van der Waals surface area contributed by atoms with E-state index in [1.165, 1.54) is 12.1 Å². The highest BCUT2D eigenvalue weighted by atomic mass is 19.2. The van der Waals surface area contributed by atoms with Crippen molar-refractivity contribution < 1.29 is 8.78 Å². The van der Waals surface area contributed by atoms with Crippen LogP contribution in [0, 0.1) is 11.6 Å². The molecular formula is C17H26F2N2. The largest absolute Gasteiger partial charge is 0.307 e. The molecule has 1 heterocycles. The van der Waals surface area contributed by atoms with Gasteiger partial charge in [-0.2, -0.15) is 0 Å². The van der Waals surface area contributed by atoms with Crippen LogP contribution >= 0.6 is 0 Å². The Balaban J connectivity index is 2.08. The minimum absolute atomic E-state index is 0.00481. The van der Waals surface area contributed by atoms with Crippen LogP contribution in [-0.4, -0.2) is 17.1 Å². The van der Waals surface area contributed by atoms with E-state index in [1.807, 2.05) is 6.92 Å². The first-order valence-electron chi connectivity index (χ1n) is 7.58. The lowest BCUT2D eigenvalue weighted by molar-refractivity contribution is 0.141. The summed E-state index contributed by atoms with van der Waals surface area (Å²) in [4.78, 5) is 0. The summed E-state index contributed by atoms with van der Waals surface area (Å²) in [6, 6.07) is 4.46. The van der Waals surface area contributed by atoms with Crippen molar-refractivity contribution in [2.45, 2.75) is 70.6 Å². The van der Waals surface area contributed by atoms with Crippen LogP contribution in [0.15, 0.2) is 18.2 Å². The molecule has 1 unspecified atom stereocenters. The normalized spacial score (nSPS) is 23.0. The molecule has 21 heavy (non-hydrogen) atoms. The van der Waals surface area contributed by atoms with Crippen LogP contribution in [0.2, 0.25) is 0 Å². The monoisotopic (exact) mass is 296 g/mol. The lowest BCUT2D eigenvalue weighted by Crippen LogP contribution is -2.61. The highest BCUT2D eigenvalue weighted by Crippen LogP contribution is 2.30. The zero-order valence-corrected chi connectivity index (χ0v) is 13.6. The number of halogens is 2. The highest BCUT2D eigenvalue weighted by molar-refractivity contribution is 5.21. The van der Waals surface area contributed by atoms with Crippen molar-refractivity contribution in [2.24, 2.45) is 0 Å². The summed E-state index contributed by atoms with van der Waals surface area (Å²) in [6.45, 7) is 10.8. The van der Waals surface area contributed by atoms with E-state index in [4.69, 9.17) is 0 Å². The minimum Gasteiger partial charge on any atom is -0.307 e. The van der Waals surface area contributed by atoms with Crippen LogP contribution in [-0.2, 0) is 0 Å². The van der Waals surface area contributed by atoms with E-state index < -0.39 is 11.6 Å². The van der Waals surface area contributed by atoms with Gasteiger partial charge in [0, 0.05) is 23.2 Å². The molecule has 0 bridgehead atoms. The summed E-state index contributed by atoms with van der Waals surface area (Å²) < 4.78 is 26.4. The molecule has 0 amide bonds. The third-order valence-corrected chi connectivity index (χ3v) is 4.12. The molecular weight excluding hydrogens is 270 g/mol. The van der Waals surface area contributed by atoms with Gasteiger partial charge in [-0.1, -0.05) is 6.07 Å². The first-order chi connectivity index (χ1) is 9.58. The van der Waals surface area contributed by atoms with Gasteiger partial charge in [-0.15, -0.1) is 0 Å². The summed E-state index contributed by atoms with van der Waals surface area (Å²) in [7, 11) is 0. The van der Waals surface area contributed by atoms with E-state index >= 15 is 0 Å². The fraction of sp³-hybridized carbons (Fsp3) is 0.647. The maximum Gasteiger partial charge on any atom is 0.159 e. The molecule has 0 radical (unpaired) electrons. The van der Waals surface area contributed by atoms with Crippen molar-refractivity contribution >= 4 is 0 Å². The van der Waals surface area contributed by atoms with Crippen LogP contribution in [0.3, 0.4) is 0 Å². The molecule has 0 aromatic heterocycles. The Hall–Kier alpha value is -1.00. The third kappa shape index (κ3) is 4.24. The van der Waals surface area contributed by atoms with E-state index in [0.717, 1.165) is 18.4 Å². The summed E-state index contributed by atoms with van der Waals surface area (Å²) in [5, 5.41) is 7.21. The molecule has 0 spiro atoms. The number of hydrogen-bond donors (Lipinski definition) is 2. The fourth-order valence-corrected chi connectivity index (χ4v) is 3.67. The third-order valence-electron chi connectivity index (χ3n) is 4.12. The lowest BCUT2D eigenvalue weighted by atomic mass is 9.79. The van der Waals surface area contributed by atoms with E-state index in [9.17, 15) is 8.78 Å². The van der Waals surface area contributed by atoms with Crippen molar-refractivity contribution in [1.29, 1.82) is 0 Å². The number of benzene rings is 1. The lowest BCUT2D eigenvalue weighted by Gasteiger charge is -2.47. The summed E-state index contributed by atoms with van der Waals surface area (Å²) in [6.07, 6.45) is 2.01. The quantitative estimate of drug-likeness (QED) is 0.883. The summed E-state index contributed by atoms with van der Waals surface area (Å²) >= 11 is 0. The van der Waals surface area contributed by atoms with Gasteiger partial charge in [0.05, 0.1) is 0 Å². The minimum atomic E-state index is -0.796. The van der Waals surface area contributed by atoms with E-state index in [2.05, 4.69) is 38.3 Å². The average Bonchev–Trinajstić information content (AvgIpc) is 2.28. The maximum atomic E-state index is 13.4. The zero-order valence-electron chi connectivity index (χ0n) is 13.6. The van der Waals surface area contributed by atoms with Gasteiger partial charge >= 0.3 is 0 Å². The van der Waals surface area contributed by atoms with Crippen molar-refractivity contribution in [3.8, 4) is 0 Å². The van der Waals surface area contributed by atoms with Gasteiger partial charge in [0.15, 0.2) is 11.6 Å². The first kappa shape index (κ1) is 16.4. The zero-order chi connectivity index (χ0) is 15.8. The molecule has 1 atom stereocenters. The molecule has 2 nitrogen and oxygen atoms in total. The van der Waals surface area contributed by atoms with Gasteiger partial charge in [-0.05, 0) is 65.2 Å². The molecule has 118 valence electrons. The van der Waals surface area contributed by atoms with Gasteiger partial charge in [0.25, 0.3) is 0 Å². The second kappa shape index (κ2) is 5.65. The number of piperidine rings is 1. The Labute approximate surface area is 126 Å². The number of hydrogen-bond acceptors (Lipinski definition) is 2. The molecule has 2 N–H and O–H groups in total. The Morgan fingerprint density at radius 1 is 1.10 bits per heavy atom. The molecule has 2 rings (SSSR count). The highest BCUT2D eigenvalue weighted by Gasteiger charge is 2.37. The van der Waals surface area contributed by atoms with E-state index in [0.29, 0.717) is 6.04 Å². The first-order valence-corrected chi connectivity index (χ1v) is 7.58. The van der Waals surface area contributed by atoms with Crippen molar-refractivity contribution in [1.82, 2.24) is 10.6 Å². The van der Waals surface area contributed by atoms with Crippen molar-refractivity contribution in [2.75, 3.05) is 0 Å². The van der Waals surface area contributed by atoms with Crippen LogP contribution in [0.1, 0.15) is 59.1 Å². The van der Waals surface area contributed by atoms with Gasteiger partial charge in [0.2, 0.25) is 0 Å². The molecule has 4 heteroatoms. The van der Waals surface area contributed by atoms with Crippen LogP contribution in [0.4, 0.5) is 8.78 Å². The Morgan fingerprint density at radius 2 is 1.67 bits per heavy atom. The molecule has 1 aromatic carbocycles. The second-order valence-electron chi connectivity index (χ2n) is 7.56. The topological polar surface area (TPSA) is 24.1 Å². The predicted octanol–water partition coefficient (Wildman–Crippen LogP) is 3.92. The number of rotatable bonds is 3. The standard InChI is InChI=1S/C17H26F2N2/c1-11(12-6-7-14(18)15(19)8-12)20-13-9-16(2,3)21-17(4,5)10-13/h6-8,11,13,20-21H,9-10H2,1-5H3. The Kier molecular flexibility index (Phi) is 4.41.